The molecule has 0 saturated heterocycles. The van der Waals surface area contributed by atoms with Gasteiger partial charge in [0.1, 0.15) is 12.7 Å². The van der Waals surface area contributed by atoms with Gasteiger partial charge in [0.05, 0.1) is 0 Å². The van der Waals surface area contributed by atoms with E-state index in [0.717, 1.165) is 18.7 Å². The van der Waals surface area contributed by atoms with Gasteiger partial charge in [-0.05, 0) is 38.3 Å². The van der Waals surface area contributed by atoms with Gasteiger partial charge in [0.15, 0.2) is 5.82 Å². The maximum atomic E-state index is 5.95. The Hall–Kier alpha value is -1.75. The summed E-state index contributed by atoms with van der Waals surface area (Å²) < 4.78 is 1.64. The van der Waals surface area contributed by atoms with Gasteiger partial charge in [-0.15, -0.1) is 0 Å². The third-order valence-corrected chi connectivity index (χ3v) is 2.52. The fraction of sp³-hybridized carbons (Fsp3) is 0.417. The van der Waals surface area contributed by atoms with Crippen molar-refractivity contribution in [1.82, 2.24) is 19.7 Å². The molecule has 0 bridgehead atoms. The molecule has 0 aliphatic carbocycles. The van der Waals surface area contributed by atoms with Crippen molar-refractivity contribution in [2.75, 3.05) is 0 Å². The lowest BCUT2D eigenvalue weighted by molar-refractivity contribution is 0.476. The molecular formula is C12H17N5. The van der Waals surface area contributed by atoms with E-state index < -0.39 is 0 Å². The summed E-state index contributed by atoms with van der Waals surface area (Å²) in [5.74, 6) is 0.776. The minimum absolute atomic E-state index is 0.134. The van der Waals surface area contributed by atoms with Crippen LogP contribution in [0.2, 0.25) is 0 Å². The van der Waals surface area contributed by atoms with E-state index in [-0.39, 0.29) is 5.54 Å². The summed E-state index contributed by atoms with van der Waals surface area (Å²) in [6.45, 7) is 4.06. The van der Waals surface area contributed by atoms with Crippen molar-refractivity contribution >= 4 is 0 Å². The molecule has 2 aromatic heterocycles. The third kappa shape index (κ3) is 3.35. The Morgan fingerprint density at radius 3 is 2.71 bits per heavy atom. The molecule has 2 heterocycles. The van der Waals surface area contributed by atoms with Crippen LogP contribution in [0.1, 0.15) is 25.8 Å². The predicted molar refractivity (Wildman–Crippen MR) is 65.7 cm³/mol. The first-order valence-corrected chi connectivity index (χ1v) is 5.63. The van der Waals surface area contributed by atoms with Crippen LogP contribution < -0.4 is 5.73 Å². The number of rotatable bonds is 4. The molecule has 0 radical (unpaired) electrons. The predicted octanol–water partition coefficient (Wildman–Crippen LogP) is 1.33. The molecule has 17 heavy (non-hydrogen) atoms. The lowest BCUT2D eigenvalue weighted by atomic mass is 9.97. The molecule has 0 spiro atoms. The van der Waals surface area contributed by atoms with Crippen LogP contribution >= 0.6 is 0 Å². The molecule has 0 aromatic carbocycles. The van der Waals surface area contributed by atoms with Gasteiger partial charge in [-0.2, -0.15) is 5.10 Å². The summed E-state index contributed by atoms with van der Waals surface area (Å²) >= 11 is 0. The van der Waals surface area contributed by atoms with Crippen molar-refractivity contribution < 1.29 is 0 Å². The van der Waals surface area contributed by atoms with Crippen LogP contribution in [0.4, 0.5) is 0 Å². The van der Waals surface area contributed by atoms with Crippen LogP contribution in [0.5, 0.6) is 0 Å². The average molecular weight is 231 g/mol. The zero-order valence-corrected chi connectivity index (χ0v) is 10.2. The molecule has 90 valence electrons. The van der Waals surface area contributed by atoms with Gasteiger partial charge in [0.25, 0.3) is 0 Å². The van der Waals surface area contributed by atoms with Gasteiger partial charge in [-0.1, -0.05) is 6.07 Å². The SMILES string of the molecule is CC(C)(N)CCc1ccc(-n2cncn2)nc1. The topological polar surface area (TPSA) is 69.6 Å². The van der Waals surface area contributed by atoms with Crippen LogP contribution in [0.15, 0.2) is 31.0 Å². The standard InChI is InChI=1S/C12H17N5/c1-12(2,13)6-5-10-3-4-11(15-7-10)17-9-14-8-16-17/h3-4,7-9H,5-6,13H2,1-2H3. The maximum Gasteiger partial charge on any atom is 0.155 e. The molecule has 0 unspecified atom stereocenters. The van der Waals surface area contributed by atoms with Crippen molar-refractivity contribution in [2.24, 2.45) is 5.73 Å². The van der Waals surface area contributed by atoms with Crippen molar-refractivity contribution in [1.29, 1.82) is 0 Å². The largest absolute Gasteiger partial charge is 0.326 e. The Labute approximate surface area is 101 Å². The van der Waals surface area contributed by atoms with Gasteiger partial charge in [0.2, 0.25) is 0 Å². The highest BCUT2D eigenvalue weighted by molar-refractivity contribution is 5.23. The number of pyridine rings is 1. The zero-order chi connectivity index (χ0) is 12.3. The summed E-state index contributed by atoms with van der Waals surface area (Å²) in [6.07, 6.45) is 6.87. The number of nitrogens with zero attached hydrogens (tertiary/aromatic N) is 4. The van der Waals surface area contributed by atoms with Crippen LogP contribution in [0, 0.1) is 0 Å². The summed E-state index contributed by atoms with van der Waals surface area (Å²) in [5, 5.41) is 4.02. The summed E-state index contributed by atoms with van der Waals surface area (Å²) in [7, 11) is 0. The van der Waals surface area contributed by atoms with E-state index in [1.165, 1.54) is 11.9 Å². The minimum atomic E-state index is -0.134. The quantitative estimate of drug-likeness (QED) is 0.861. The van der Waals surface area contributed by atoms with E-state index in [4.69, 9.17) is 5.73 Å². The Morgan fingerprint density at radius 2 is 2.18 bits per heavy atom. The number of hydrogen-bond acceptors (Lipinski definition) is 4. The van der Waals surface area contributed by atoms with Crippen molar-refractivity contribution in [3.05, 3.63) is 36.5 Å². The second-order valence-electron chi connectivity index (χ2n) is 4.85. The van der Waals surface area contributed by atoms with Gasteiger partial charge >= 0.3 is 0 Å². The molecule has 2 rings (SSSR count). The van der Waals surface area contributed by atoms with E-state index in [0.29, 0.717) is 0 Å². The van der Waals surface area contributed by atoms with Crippen molar-refractivity contribution in [3.8, 4) is 5.82 Å². The Balaban J connectivity index is 2.04. The molecule has 0 aliphatic rings. The molecule has 2 aromatic rings. The fourth-order valence-corrected chi connectivity index (χ4v) is 1.49. The normalized spacial score (nSPS) is 11.7. The lowest BCUT2D eigenvalue weighted by Crippen LogP contribution is -2.32. The number of aryl methyl sites for hydroxylation is 1. The minimum Gasteiger partial charge on any atom is -0.326 e. The molecule has 0 amide bonds. The van der Waals surface area contributed by atoms with E-state index >= 15 is 0 Å². The second-order valence-corrected chi connectivity index (χ2v) is 4.85. The molecule has 0 atom stereocenters. The third-order valence-electron chi connectivity index (χ3n) is 2.52. The Bertz CT molecular complexity index is 453. The van der Waals surface area contributed by atoms with Gasteiger partial charge in [-0.3, -0.25) is 0 Å². The van der Waals surface area contributed by atoms with E-state index in [2.05, 4.69) is 21.1 Å². The number of nitrogens with two attached hydrogens (primary N) is 1. The van der Waals surface area contributed by atoms with E-state index in [9.17, 15) is 0 Å². The molecular weight excluding hydrogens is 214 g/mol. The van der Waals surface area contributed by atoms with Gasteiger partial charge < -0.3 is 5.73 Å². The number of aromatic nitrogens is 4. The second kappa shape index (κ2) is 4.63. The van der Waals surface area contributed by atoms with Crippen molar-refractivity contribution in [2.45, 2.75) is 32.2 Å². The highest BCUT2D eigenvalue weighted by atomic mass is 15.3. The first-order chi connectivity index (χ1) is 8.04. The lowest BCUT2D eigenvalue weighted by Gasteiger charge is -2.17. The van der Waals surface area contributed by atoms with Gasteiger partial charge in [-0.25, -0.2) is 14.6 Å². The van der Waals surface area contributed by atoms with Crippen LogP contribution in [0.3, 0.4) is 0 Å². The molecule has 0 aliphatic heterocycles. The molecule has 5 heteroatoms. The maximum absolute atomic E-state index is 5.95. The molecule has 0 fully saturated rings. The molecule has 5 nitrogen and oxygen atoms in total. The summed E-state index contributed by atoms with van der Waals surface area (Å²) in [5.41, 5.74) is 7.00. The fourth-order valence-electron chi connectivity index (χ4n) is 1.49. The van der Waals surface area contributed by atoms with Gasteiger partial charge in [0, 0.05) is 11.7 Å². The average Bonchev–Trinajstić information content (AvgIpc) is 2.79. The number of hydrogen-bond donors (Lipinski definition) is 1. The molecule has 2 N–H and O–H groups in total. The monoisotopic (exact) mass is 231 g/mol. The first kappa shape index (κ1) is 11.7. The first-order valence-electron chi connectivity index (χ1n) is 5.63. The highest BCUT2D eigenvalue weighted by Crippen LogP contribution is 2.11. The highest BCUT2D eigenvalue weighted by Gasteiger charge is 2.10. The van der Waals surface area contributed by atoms with Crippen molar-refractivity contribution in [3.63, 3.8) is 0 Å². The van der Waals surface area contributed by atoms with E-state index in [1.807, 2.05) is 26.1 Å². The smallest absolute Gasteiger partial charge is 0.155 e. The summed E-state index contributed by atoms with van der Waals surface area (Å²) in [4.78, 5) is 8.23. The van der Waals surface area contributed by atoms with Crippen LogP contribution in [-0.4, -0.2) is 25.3 Å². The molecule has 0 saturated carbocycles. The van der Waals surface area contributed by atoms with E-state index in [1.54, 1.807) is 11.0 Å². The zero-order valence-electron chi connectivity index (χ0n) is 10.2. The Kier molecular flexibility index (Phi) is 3.19. The Morgan fingerprint density at radius 1 is 1.35 bits per heavy atom. The summed E-state index contributed by atoms with van der Waals surface area (Å²) in [6, 6.07) is 3.99. The van der Waals surface area contributed by atoms with Crippen LogP contribution in [-0.2, 0) is 6.42 Å². The van der Waals surface area contributed by atoms with Crippen LogP contribution in [0.25, 0.3) is 5.82 Å².